The molecule has 0 aromatic carbocycles. The summed E-state index contributed by atoms with van der Waals surface area (Å²) in [5.74, 6) is 0.520. The Bertz CT molecular complexity index is 937. The van der Waals surface area contributed by atoms with Crippen molar-refractivity contribution in [3.05, 3.63) is 48.0 Å². The van der Waals surface area contributed by atoms with Crippen LogP contribution in [0.3, 0.4) is 0 Å². The number of hydrogen-bond acceptors (Lipinski definition) is 5. The molecule has 6 nitrogen and oxygen atoms in total. The maximum Gasteiger partial charge on any atom is 0.433 e. The summed E-state index contributed by atoms with van der Waals surface area (Å²) >= 11 is 0. The second-order valence-electron chi connectivity index (χ2n) is 8.16. The van der Waals surface area contributed by atoms with E-state index < -0.39 is 36.2 Å². The van der Waals surface area contributed by atoms with Crippen LogP contribution in [0.4, 0.5) is 22.0 Å². The fraction of sp³-hybridized carbons (Fsp3) is 0.476. The Morgan fingerprint density at radius 3 is 2.59 bits per heavy atom. The van der Waals surface area contributed by atoms with E-state index in [4.69, 9.17) is 0 Å². The minimum atomic E-state index is -4.54. The standard InChI is InChI=1S/C21H23F5N5O/c1-13(2)9-31-11-20(23,10-22)6-17(31)19(32)28-8-15-5-16(30-12-29-15)14-3-4-18(27-7-14)21(24,25)26/h3-5,7,12,17H,6,8-11H2,1-2H3,(H,28,32)/t17-,20?/m0/s1. The van der Waals surface area contributed by atoms with Crippen molar-refractivity contribution in [1.82, 2.24) is 25.2 Å². The number of pyridine rings is 1. The topological polar surface area (TPSA) is 71.0 Å². The molecule has 2 aromatic heterocycles. The Morgan fingerprint density at radius 2 is 2.00 bits per heavy atom. The summed E-state index contributed by atoms with van der Waals surface area (Å²) in [6, 6.07) is 2.81. The maximum absolute atomic E-state index is 14.6. The zero-order valence-electron chi connectivity index (χ0n) is 17.6. The monoisotopic (exact) mass is 456 g/mol. The minimum absolute atomic E-state index is 0.00348. The number of nitrogens with one attached hydrogen (secondary N) is 1. The quantitative estimate of drug-likeness (QED) is 0.646. The van der Waals surface area contributed by atoms with Gasteiger partial charge in [-0.1, -0.05) is 13.8 Å². The average Bonchev–Trinajstić information content (AvgIpc) is 3.08. The van der Waals surface area contributed by atoms with Crippen LogP contribution in [0.15, 0.2) is 30.7 Å². The van der Waals surface area contributed by atoms with Crippen LogP contribution in [0.1, 0.15) is 31.7 Å². The van der Waals surface area contributed by atoms with Gasteiger partial charge in [-0.15, -0.1) is 0 Å². The molecule has 1 aliphatic heterocycles. The molecule has 2 aromatic rings. The summed E-state index contributed by atoms with van der Waals surface area (Å²) < 4.78 is 65.8. The number of aromatic nitrogens is 3. The third kappa shape index (κ3) is 5.76. The van der Waals surface area contributed by atoms with Crippen LogP contribution >= 0.6 is 0 Å². The number of rotatable bonds is 7. The van der Waals surface area contributed by atoms with Gasteiger partial charge >= 0.3 is 6.18 Å². The van der Waals surface area contributed by atoms with Gasteiger partial charge in [0, 0.05) is 31.3 Å². The van der Waals surface area contributed by atoms with Gasteiger partial charge in [0.1, 0.15) is 18.7 Å². The summed E-state index contributed by atoms with van der Waals surface area (Å²) in [6.07, 6.45) is -2.50. The van der Waals surface area contributed by atoms with Gasteiger partial charge in [-0.2, -0.15) is 13.2 Å². The Labute approximate surface area is 182 Å². The molecule has 0 saturated carbocycles. The van der Waals surface area contributed by atoms with Gasteiger partial charge in [0.2, 0.25) is 5.91 Å². The molecule has 1 unspecified atom stereocenters. The van der Waals surface area contributed by atoms with E-state index in [-0.39, 0.29) is 19.5 Å². The van der Waals surface area contributed by atoms with E-state index in [2.05, 4.69) is 20.3 Å². The van der Waals surface area contributed by atoms with Crippen LogP contribution in [-0.4, -0.2) is 57.2 Å². The summed E-state index contributed by atoms with van der Waals surface area (Å²) in [7, 11) is 0. The Hall–Kier alpha value is -2.69. The molecule has 1 amide bonds. The van der Waals surface area contributed by atoms with E-state index in [1.165, 1.54) is 18.5 Å². The summed E-state index contributed by atoms with van der Waals surface area (Å²) in [6.45, 7) is 2.75. The van der Waals surface area contributed by atoms with Crippen molar-refractivity contribution in [2.45, 2.75) is 44.7 Å². The highest BCUT2D eigenvalue weighted by Gasteiger charge is 2.47. The third-order valence-corrected chi connectivity index (χ3v) is 5.06. The van der Waals surface area contributed by atoms with E-state index in [1.807, 2.05) is 13.8 Å². The van der Waals surface area contributed by atoms with Crippen molar-refractivity contribution in [3.8, 4) is 11.3 Å². The number of amides is 1. The third-order valence-electron chi connectivity index (χ3n) is 5.06. The van der Waals surface area contributed by atoms with E-state index in [9.17, 15) is 26.7 Å². The molecule has 1 N–H and O–H groups in total. The van der Waals surface area contributed by atoms with Gasteiger partial charge in [-0.25, -0.2) is 18.7 Å². The maximum atomic E-state index is 14.6. The normalized spacial score (nSPS) is 21.8. The predicted octanol–water partition coefficient (Wildman–Crippen LogP) is 3.54. The van der Waals surface area contributed by atoms with Gasteiger partial charge in [0.15, 0.2) is 5.67 Å². The SMILES string of the molecule is C[C](C)CN1CC(F)(CF)C[C@H]1C(=O)NCc1cc(-c2ccc(C(F)(F)F)nc2)ncn1. The number of carbonyl (C=O) groups excluding carboxylic acids is 1. The molecule has 2 atom stereocenters. The number of alkyl halides is 5. The Balaban J connectivity index is 1.67. The Morgan fingerprint density at radius 1 is 1.25 bits per heavy atom. The van der Waals surface area contributed by atoms with Crippen LogP contribution < -0.4 is 5.32 Å². The van der Waals surface area contributed by atoms with Crippen molar-refractivity contribution in [1.29, 1.82) is 0 Å². The van der Waals surface area contributed by atoms with Crippen molar-refractivity contribution >= 4 is 5.91 Å². The molecule has 1 aliphatic rings. The van der Waals surface area contributed by atoms with Gasteiger partial charge in [0.05, 0.1) is 24.0 Å². The second-order valence-corrected chi connectivity index (χ2v) is 8.16. The van der Waals surface area contributed by atoms with Crippen LogP contribution in [-0.2, 0) is 17.5 Å². The molecule has 1 fully saturated rings. The number of likely N-dealkylation sites (tertiary alicyclic amines) is 1. The summed E-state index contributed by atoms with van der Waals surface area (Å²) in [5.41, 5.74) is -1.98. The van der Waals surface area contributed by atoms with Crippen LogP contribution in [0, 0.1) is 5.92 Å². The summed E-state index contributed by atoms with van der Waals surface area (Å²) in [5, 5.41) is 2.68. The van der Waals surface area contributed by atoms with Gasteiger partial charge in [-0.3, -0.25) is 14.7 Å². The fourth-order valence-corrected chi connectivity index (χ4v) is 3.60. The molecule has 173 valence electrons. The van der Waals surface area contributed by atoms with Crippen LogP contribution in [0.5, 0.6) is 0 Å². The molecule has 32 heavy (non-hydrogen) atoms. The number of carbonyl (C=O) groups is 1. The average molecular weight is 456 g/mol. The smallest absolute Gasteiger partial charge is 0.349 e. The first-order valence-electron chi connectivity index (χ1n) is 9.91. The number of nitrogens with zero attached hydrogens (tertiary/aromatic N) is 4. The molecule has 1 radical (unpaired) electrons. The lowest BCUT2D eigenvalue weighted by molar-refractivity contribution is -0.141. The molecule has 0 aliphatic carbocycles. The van der Waals surface area contributed by atoms with E-state index in [1.54, 1.807) is 4.90 Å². The first kappa shape index (κ1) is 24.0. The first-order chi connectivity index (χ1) is 15.0. The minimum Gasteiger partial charge on any atom is -0.349 e. The fourth-order valence-electron chi connectivity index (χ4n) is 3.60. The largest absolute Gasteiger partial charge is 0.433 e. The van der Waals surface area contributed by atoms with Crippen molar-refractivity contribution in [3.63, 3.8) is 0 Å². The lowest BCUT2D eigenvalue weighted by Gasteiger charge is -2.24. The van der Waals surface area contributed by atoms with Crippen molar-refractivity contribution in [2.75, 3.05) is 19.8 Å². The van der Waals surface area contributed by atoms with Crippen molar-refractivity contribution in [2.24, 2.45) is 0 Å². The van der Waals surface area contributed by atoms with Gasteiger partial charge < -0.3 is 5.32 Å². The molecule has 3 rings (SSSR count). The lowest BCUT2D eigenvalue weighted by atomic mass is 10.0. The van der Waals surface area contributed by atoms with Gasteiger partial charge in [0.25, 0.3) is 0 Å². The zero-order valence-corrected chi connectivity index (χ0v) is 17.6. The summed E-state index contributed by atoms with van der Waals surface area (Å²) in [4.78, 5) is 25.8. The van der Waals surface area contributed by atoms with E-state index in [0.29, 0.717) is 23.5 Å². The highest BCUT2D eigenvalue weighted by molar-refractivity contribution is 5.82. The second kappa shape index (κ2) is 9.43. The van der Waals surface area contributed by atoms with E-state index in [0.717, 1.165) is 18.2 Å². The first-order valence-corrected chi connectivity index (χ1v) is 9.91. The molecular weight excluding hydrogens is 433 g/mol. The zero-order chi connectivity index (χ0) is 23.5. The van der Waals surface area contributed by atoms with E-state index >= 15 is 0 Å². The van der Waals surface area contributed by atoms with Crippen LogP contribution in [0.2, 0.25) is 0 Å². The van der Waals surface area contributed by atoms with Crippen LogP contribution in [0.25, 0.3) is 11.3 Å². The molecule has 0 bridgehead atoms. The molecule has 1 saturated heterocycles. The number of hydrogen-bond donors (Lipinski definition) is 1. The lowest BCUT2D eigenvalue weighted by Crippen LogP contribution is -2.44. The molecule has 0 spiro atoms. The van der Waals surface area contributed by atoms with Crippen molar-refractivity contribution < 1.29 is 26.7 Å². The highest BCUT2D eigenvalue weighted by Crippen LogP contribution is 2.32. The van der Waals surface area contributed by atoms with Gasteiger partial charge in [-0.05, 0) is 24.1 Å². The molecular formula is C21H23F5N5O. The Kier molecular flexibility index (Phi) is 7.06. The number of halogens is 5. The highest BCUT2D eigenvalue weighted by atomic mass is 19.4. The molecule has 3 heterocycles. The molecule has 11 heteroatoms. The predicted molar refractivity (Wildman–Crippen MR) is 106 cm³/mol.